The van der Waals surface area contributed by atoms with Crippen LogP contribution in [0.25, 0.3) is 32.7 Å². The zero-order chi connectivity index (χ0) is 36.5. The number of nitrogens with zero attached hydrogens (tertiary/aromatic N) is 6. The third-order valence-electron chi connectivity index (χ3n) is 9.49. The Kier molecular flexibility index (Phi) is 10.9. The van der Waals surface area contributed by atoms with Gasteiger partial charge in [0.15, 0.2) is 5.65 Å². The van der Waals surface area contributed by atoms with Gasteiger partial charge in [-0.1, -0.05) is 30.7 Å². The Balaban J connectivity index is 0.000000181. The van der Waals surface area contributed by atoms with Gasteiger partial charge in [-0.15, -0.1) is 13.2 Å². The molecular weight excluding hydrogens is 659 g/mol. The summed E-state index contributed by atoms with van der Waals surface area (Å²) in [6.45, 7) is 19.5. The maximum Gasteiger partial charge on any atom is 0.433 e. The van der Waals surface area contributed by atoms with Crippen LogP contribution in [0.2, 0.25) is 0 Å². The van der Waals surface area contributed by atoms with Gasteiger partial charge in [-0.25, -0.2) is 14.5 Å². The molecule has 7 rings (SSSR count). The summed E-state index contributed by atoms with van der Waals surface area (Å²) < 4.78 is 42.4. The van der Waals surface area contributed by atoms with Crippen LogP contribution >= 0.6 is 11.6 Å². The number of aryl methyl sites for hydroxylation is 3. The van der Waals surface area contributed by atoms with Crippen LogP contribution in [0.15, 0.2) is 80.3 Å². The summed E-state index contributed by atoms with van der Waals surface area (Å²) >= 11 is 6.41. The van der Waals surface area contributed by atoms with Crippen LogP contribution in [-0.4, -0.2) is 55.7 Å². The van der Waals surface area contributed by atoms with Gasteiger partial charge in [0.2, 0.25) is 0 Å². The zero-order valence-corrected chi connectivity index (χ0v) is 30.4. The molecule has 1 aromatic carbocycles. The van der Waals surface area contributed by atoms with E-state index < -0.39 is 11.9 Å². The third-order valence-corrected chi connectivity index (χ3v) is 9.82. The number of likely N-dealkylation sites (tertiary alicyclic amines) is 1. The highest BCUT2D eigenvalue weighted by molar-refractivity contribution is 6.49. The van der Waals surface area contributed by atoms with Gasteiger partial charge in [0, 0.05) is 72.4 Å². The number of rotatable bonds is 6. The van der Waals surface area contributed by atoms with Crippen molar-refractivity contribution in [1.82, 2.24) is 29.0 Å². The lowest BCUT2D eigenvalue weighted by molar-refractivity contribution is -0.141. The van der Waals surface area contributed by atoms with Crippen LogP contribution in [0.3, 0.4) is 0 Å². The van der Waals surface area contributed by atoms with Crippen molar-refractivity contribution in [3.8, 4) is 11.1 Å². The van der Waals surface area contributed by atoms with Crippen molar-refractivity contribution in [3.63, 3.8) is 0 Å². The predicted octanol–water partition coefficient (Wildman–Crippen LogP) is 9.57. The maximum atomic E-state index is 12.8. The number of halogens is 4. The Hall–Kier alpha value is -4.41. The highest BCUT2D eigenvalue weighted by Crippen LogP contribution is 2.55. The monoisotopic (exact) mass is 703 g/mol. The molecule has 5 aromatic rings. The number of likely N-dealkylation sites (N-methyl/N-ethyl adjacent to an activating group) is 1. The molecule has 0 radical (unpaired) electrons. The van der Waals surface area contributed by atoms with Gasteiger partial charge in [0.25, 0.3) is 0 Å². The molecule has 0 spiro atoms. The number of pyridine rings is 1. The number of allylic oxidation sites excluding steroid dienone is 2. The largest absolute Gasteiger partial charge is 0.433 e. The van der Waals surface area contributed by atoms with E-state index in [9.17, 15) is 13.2 Å². The minimum atomic E-state index is -4.47. The van der Waals surface area contributed by atoms with E-state index in [1.54, 1.807) is 6.08 Å². The first-order valence-electron chi connectivity index (χ1n) is 16.7. The van der Waals surface area contributed by atoms with E-state index in [1.807, 2.05) is 56.0 Å². The highest BCUT2D eigenvalue weighted by atomic mass is 35.5. The van der Waals surface area contributed by atoms with E-state index in [1.165, 1.54) is 40.7 Å². The molecule has 4 aromatic heterocycles. The Bertz CT molecular complexity index is 2060. The number of fused-ring (bicyclic) bond motifs is 3. The minimum absolute atomic E-state index is 0.141. The summed E-state index contributed by atoms with van der Waals surface area (Å²) in [7, 11) is 3.59. The number of nitrogens with one attached hydrogen (secondary N) is 1. The lowest BCUT2D eigenvalue weighted by Gasteiger charge is -2.22. The first-order chi connectivity index (χ1) is 23.7. The fourth-order valence-electron chi connectivity index (χ4n) is 7.08. The van der Waals surface area contributed by atoms with Gasteiger partial charge in [0.05, 0.1) is 11.2 Å². The average molecular weight is 704 g/mol. The molecule has 0 amide bonds. The quantitative estimate of drug-likeness (QED) is 0.179. The maximum absolute atomic E-state index is 12.8. The topological polar surface area (TPSA) is 63.3 Å². The Labute approximate surface area is 297 Å². The summed E-state index contributed by atoms with van der Waals surface area (Å²) in [5, 5.41) is 8.89. The second kappa shape index (κ2) is 14.8. The van der Waals surface area contributed by atoms with Gasteiger partial charge in [-0.2, -0.15) is 18.3 Å². The number of benzene rings is 1. The molecular formula is C39H45ClF3N7. The molecule has 264 valence electrons. The molecule has 2 fully saturated rings. The Morgan fingerprint density at radius 2 is 1.80 bits per heavy atom. The molecule has 1 aliphatic carbocycles. The van der Waals surface area contributed by atoms with Crippen LogP contribution in [0.5, 0.6) is 0 Å². The number of anilines is 1. The van der Waals surface area contributed by atoms with E-state index in [-0.39, 0.29) is 11.9 Å². The summed E-state index contributed by atoms with van der Waals surface area (Å²) in [6.07, 6.45) is 7.33. The standard InChI is InChI=1S/C20H20N4.C16H19ClF3N3.C3H6/c1-5-6-23-11-14(3)18-9-16(7-13(2)20(18)23)17-10-21-19-8-15(4)22-24(19)12-17;1-8-10-7-23(3)12(14(8)10)6-11(17)9-4-5-13(16(18,19)20)22-15(9)21-2;1-3-2/h5,7-12H,1,6H2,2-4H3;4-6,8,10,12,14H,7H2,1-3H3,(H,21,22);3H,1H2,2H3/b;11-6-;. The normalized spacial score (nSPS) is 20.1. The van der Waals surface area contributed by atoms with Gasteiger partial charge >= 0.3 is 6.18 Å². The van der Waals surface area contributed by atoms with E-state index in [2.05, 4.69) is 82.1 Å². The molecule has 2 aliphatic rings. The zero-order valence-electron chi connectivity index (χ0n) is 29.7. The fraction of sp³-hybridized carbons (Fsp3) is 0.359. The molecule has 1 aliphatic heterocycles. The Morgan fingerprint density at radius 3 is 2.44 bits per heavy atom. The van der Waals surface area contributed by atoms with Crippen LogP contribution < -0.4 is 5.32 Å². The van der Waals surface area contributed by atoms with Crippen molar-refractivity contribution >= 4 is 39.0 Å². The molecule has 4 atom stereocenters. The Morgan fingerprint density at radius 1 is 1.08 bits per heavy atom. The second-order valence-corrected chi connectivity index (χ2v) is 13.6. The summed E-state index contributed by atoms with van der Waals surface area (Å²) in [4.78, 5) is 10.4. The van der Waals surface area contributed by atoms with Crippen LogP contribution in [-0.2, 0) is 12.7 Å². The molecule has 1 saturated heterocycles. The van der Waals surface area contributed by atoms with Crippen molar-refractivity contribution < 1.29 is 13.2 Å². The molecule has 4 unspecified atom stereocenters. The molecule has 11 heteroatoms. The van der Waals surface area contributed by atoms with Crippen molar-refractivity contribution in [1.29, 1.82) is 0 Å². The van der Waals surface area contributed by atoms with Gasteiger partial charge < -0.3 is 9.88 Å². The van der Waals surface area contributed by atoms with Crippen LogP contribution in [0, 0.1) is 38.5 Å². The first-order valence-corrected chi connectivity index (χ1v) is 17.0. The third kappa shape index (κ3) is 7.51. The van der Waals surface area contributed by atoms with Crippen LogP contribution in [0.1, 0.15) is 41.9 Å². The molecule has 50 heavy (non-hydrogen) atoms. The number of hydrogen-bond acceptors (Lipinski definition) is 5. The van der Waals surface area contributed by atoms with Gasteiger partial charge in [0.1, 0.15) is 11.5 Å². The molecule has 0 bridgehead atoms. The van der Waals surface area contributed by atoms with Gasteiger partial charge in [-0.05, 0) is 99.5 Å². The van der Waals surface area contributed by atoms with Crippen molar-refractivity contribution in [3.05, 3.63) is 108 Å². The minimum Gasteiger partial charge on any atom is -0.373 e. The average Bonchev–Trinajstić information content (AvgIpc) is 3.33. The van der Waals surface area contributed by atoms with E-state index >= 15 is 0 Å². The SMILES string of the molecule is C=CC.C=CCn1cc(C)c2cc(-c3cnc4cc(C)nn4c3)cc(C)c21.CNc1nc(C(F)(F)F)ccc1/C(Cl)=C/C1C2C(C)C2CN1C. The number of alkyl halides is 3. The smallest absolute Gasteiger partial charge is 0.373 e. The van der Waals surface area contributed by atoms with E-state index in [0.29, 0.717) is 28.3 Å². The van der Waals surface area contributed by atoms with Crippen LogP contribution in [0.4, 0.5) is 19.0 Å². The fourth-order valence-corrected chi connectivity index (χ4v) is 7.36. The van der Waals surface area contributed by atoms with Crippen molar-refractivity contribution in [2.75, 3.05) is 26.0 Å². The molecule has 5 heterocycles. The van der Waals surface area contributed by atoms with E-state index in [0.717, 1.165) is 36.1 Å². The lowest BCUT2D eigenvalue weighted by atomic mass is 10.0. The van der Waals surface area contributed by atoms with Crippen molar-refractivity contribution in [2.45, 2.75) is 53.4 Å². The summed E-state index contributed by atoms with van der Waals surface area (Å²) in [6, 6.07) is 9.03. The van der Waals surface area contributed by atoms with E-state index in [4.69, 9.17) is 11.6 Å². The lowest BCUT2D eigenvalue weighted by Crippen LogP contribution is -2.29. The van der Waals surface area contributed by atoms with Crippen molar-refractivity contribution in [2.24, 2.45) is 17.8 Å². The number of hydrogen-bond donors (Lipinski definition) is 1. The molecule has 1 saturated carbocycles. The predicted molar refractivity (Wildman–Crippen MR) is 199 cm³/mol. The van der Waals surface area contributed by atoms with Gasteiger partial charge in [-0.3, -0.25) is 4.90 Å². The number of piperidine rings is 1. The second-order valence-electron chi connectivity index (χ2n) is 13.2. The summed E-state index contributed by atoms with van der Waals surface area (Å²) in [5.41, 5.74) is 7.48. The highest BCUT2D eigenvalue weighted by Gasteiger charge is 2.56. The molecule has 1 N–H and O–H groups in total. The summed E-state index contributed by atoms with van der Waals surface area (Å²) in [5.74, 6) is 2.13. The number of aromatic nitrogens is 5. The molecule has 7 nitrogen and oxygen atoms in total. The first kappa shape index (κ1) is 36.9.